The Balaban J connectivity index is 2.22. The Morgan fingerprint density at radius 3 is 2.94 bits per heavy atom. The highest BCUT2D eigenvalue weighted by Gasteiger charge is 2.23. The molecule has 2 heteroatoms. The van der Waals surface area contributed by atoms with E-state index in [0.717, 1.165) is 12.3 Å². The lowest BCUT2D eigenvalue weighted by Crippen LogP contribution is -2.40. The molecule has 88 valence electrons. The minimum absolute atomic E-state index is 0.650. The first-order valence-corrected chi connectivity index (χ1v) is 6.81. The molecule has 0 saturated heterocycles. The van der Waals surface area contributed by atoms with Crippen LogP contribution in [0.3, 0.4) is 0 Å². The van der Waals surface area contributed by atoms with E-state index in [2.05, 4.69) is 55.6 Å². The third-order valence-electron chi connectivity index (χ3n) is 3.48. The average Bonchev–Trinajstić information content (AvgIpc) is 2.32. The van der Waals surface area contributed by atoms with Crippen molar-refractivity contribution in [3.8, 4) is 0 Å². The Kier molecular flexibility index (Phi) is 3.80. The molecule has 0 amide bonds. The fourth-order valence-corrected chi connectivity index (χ4v) is 2.55. The molecule has 0 bridgehead atoms. The van der Waals surface area contributed by atoms with E-state index in [-0.39, 0.29) is 0 Å². The molecule has 1 aliphatic heterocycles. The van der Waals surface area contributed by atoms with Crippen LogP contribution in [-0.2, 0) is 6.42 Å². The molecule has 1 aliphatic rings. The quantitative estimate of drug-likeness (QED) is 0.786. The van der Waals surface area contributed by atoms with Crippen LogP contribution >= 0.6 is 12.6 Å². The highest BCUT2D eigenvalue weighted by atomic mass is 32.1. The number of benzene rings is 1. The molecule has 1 nitrogen and oxygen atoms in total. The second-order valence-electron chi connectivity index (χ2n) is 4.96. The number of hydrogen-bond donors (Lipinski definition) is 1. The van der Waals surface area contributed by atoms with Crippen LogP contribution in [0.15, 0.2) is 24.3 Å². The summed E-state index contributed by atoms with van der Waals surface area (Å²) in [4.78, 5) is 2.56. The molecular weight excluding hydrogens is 214 g/mol. The van der Waals surface area contributed by atoms with Crippen molar-refractivity contribution < 1.29 is 0 Å². The van der Waals surface area contributed by atoms with Crippen molar-refractivity contribution >= 4 is 18.3 Å². The topological polar surface area (TPSA) is 3.24 Å². The fourth-order valence-electron chi connectivity index (χ4n) is 2.43. The van der Waals surface area contributed by atoms with Crippen LogP contribution in [0.1, 0.15) is 25.8 Å². The van der Waals surface area contributed by atoms with Gasteiger partial charge in [-0.2, -0.15) is 12.6 Å². The van der Waals surface area contributed by atoms with Gasteiger partial charge in [-0.3, -0.25) is 0 Å². The monoisotopic (exact) mass is 235 g/mol. The Morgan fingerprint density at radius 1 is 1.44 bits per heavy atom. The Hall–Kier alpha value is -0.630. The summed E-state index contributed by atoms with van der Waals surface area (Å²) in [5.74, 6) is 1.61. The van der Waals surface area contributed by atoms with Crippen LogP contribution < -0.4 is 4.90 Å². The molecule has 0 saturated carbocycles. The number of rotatable bonds is 3. The zero-order valence-corrected chi connectivity index (χ0v) is 11.1. The molecule has 0 radical (unpaired) electrons. The second kappa shape index (κ2) is 5.13. The van der Waals surface area contributed by atoms with Gasteiger partial charge >= 0.3 is 0 Å². The molecule has 2 atom stereocenters. The van der Waals surface area contributed by atoms with Crippen molar-refractivity contribution in [2.75, 3.05) is 17.2 Å². The van der Waals surface area contributed by atoms with E-state index in [1.807, 2.05) is 0 Å². The Morgan fingerprint density at radius 2 is 2.19 bits per heavy atom. The number of para-hydroxylation sites is 1. The van der Waals surface area contributed by atoms with Gasteiger partial charge in [0.1, 0.15) is 0 Å². The van der Waals surface area contributed by atoms with E-state index in [1.165, 1.54) is 24.1 Å². The van der Waals surface area contributed by atoms with Gasteiger partial charge in [-0.1, -0.05) is 25.1 Å². The molecular formula is C14H21NS. The summed E-state index contributed by atoms with van der Waals surface area (Å²) in [6, 6.07) is 9.48. The lowest BCUT2D eigenvalue weighted by Gasteiger charge is -2.38. The van der Waals surface area contributed by atoms with Crippen LogP contribution in [0.4, 0.5) is 5.69 Å². The largest absolute Gasteiger partial charge is 0.368 e. The van der Waals surface area contributed by atoms with Crippen molar-refractivity contribution in [2.24, 2.45) is 5.92 Å². The van der Waals surface area contributed by atoms with E-state index in [1.54, 1.807) is 0 Å². The van der Waals surface area contributed by atoms with Gasteiger partial charge in [-0.25, -0.2) is 0 Å². The van der Waals surface area contributed by atoms with Crippen molar-refractivity contribution in [2.45, 2.75) is 32.7 Å². The zero-order chi connectivity index (χ0) is 11.5. The van der Waals surface area contributed by atoms with Crippen LogP contribution in [0.5, 0.6) is 0 Å². The minimum atomic E-state index is 0.650. The van der Waals surface area contributed by atoms with Gasteiger partial charge in [0, 0.05) is 18.3 Å². The number of hydrogen-bond acceptors (Lipinski definition) is 2. The van der Waals surface area contributed by atoms with Gasteiger partial charge in [0.05, 0.1) is 0 Å². The van der Waals surface area contributed by atoms with Gasteiger partial charge in [0.2, 0.25) is 0 Å². The summed E-state index contributed by atoms with van der Waals surface area (Å²) < 4.78 is 0. The van der Waals surface area contributed by atoms with E-state index in [4.69, 9.17) is 0 Å². The molecule has 16 heavy (non-hydrogen) atoms. The van der Waals surface area contributed by atoms with Crippen LogP contribution in [-0.4, -0.2) is 18.3 Å². The standard InChI is InChI=1S/C14H21NS/c1-11(10-16)9-15-12(2)7-8-13-5-3-4-6-14(13)15/h3-6,11-12,16H,7-10H2,1-2H3. The van der Waals surface area contributed by atoms with E-state index < -0.39 is 0 Å². The number of nitrogens with zero attached hydrogens (tertiary/aromatic N) is 1. The molecule has 0 aromatic heterocycles. The molecule has 0 aliphatic carbocycles. The maximum atomic E-state index is 4.39. The Labute approximate surface area is 104 Å². The van der Waals surface area contributed by atoms with Crippen LogP contribution in [0.2, 0.25) is 0 Å². The predicted molar refractivity (Wildman–Crippen MR) is 74.6 cm³/mol. The first kappa shape index (κ1) is 11.8. The van der Waals surface area contributed by atoms with Gasteiger partial charge in [0.25, 0.3) is 0 Å². The van der Waals surface area contributed by atoms with Gasteiger partial charge < -0.3 is 4.90 Å². The number of fused-ring (bicyclic) bond motifs is 1. The number of thiol groups is 1. The van der Waals surface area contributed by atoms with Crippen molar-refractivity contribution in [1.29, 1.82) is 0 Å². The summed E-state index contributed by atoms with van der Waals surface area (Å²) in [6.07, 6.45) is 2.50. The molecule has 0 N–H and O–H groups in total. The van der Waals surface area contributed by atoms with Gasteiger partial charge in [0.15, 0.2) is 0 Å². The average molecular weight is 235 g/mol. The molecule has 1 aromatic rings. The van der Waals surface area contributed by atoms with Crippen molar-refractivity contribution in [1.82, 2.24) is 0 Å². The van der Waals surface area contributed by atoms with Gasteiger partial charge in [-0.15, -0.1) is 0 Å². The lowest BCUT2D eigenvalue weighted by molar-refractivity contribution is 0.514. The van der Waals surface area contributed by atoms with E-state index in [9.17, 15) is 0 Å². The second-order valence-corrected chi connectivity index (χ2v) is 5.32. The smallest absolute Gasteiger partial charge is 0.0401 e. The summed E-state index contributed by atoms with van der Waals surface area (Å²) in [6.45, 7) is 5.74. The number of anilines is 1. The SMILES string of the molecule is CC(CS)CN1c2ccccc2CCC1C. The van der Waals surface area contributed by atoms with E-state index >= 15 is 0 Å². The maximum Gasteiger partial charge on any atom is 0.0401 e. The maximum absolute atomic E-state index is 4.39. The third kappa shape index (κ3) is 2.37. The first-order chi connectivity index (χ1) is 7.72. The summed E-state index contributed by atoms with van der Waals surface area (Å²) >= 11 is 4.39. The number of aryl methyl sites for hydroxylation is 1. The fraction of sp³-hybridized carbons (Fsp3) is 0.571. The summed E-state index contributed by atoms with van der Waals surface area (Å²) in [5.41, 5.74) is 2.95. The summed E-state index contributed by atoms with van der Waals surface area (Å²) in [7, 11) is 0. The summed E-state index contributed by atoms with van der Waals surface area (Å²) in [5, 5.41) is 0. The van der Waals surface area contributed by atoms with Crippen molar-refractivity contribution in [3.63, 3.8) is 0 Å². The highest BCUT2D eigenvalue weighted by molar-refractivity contribution is 7.80. The highest BCUT2D eigenvalue weighted by Crippen LogP contribution is 2.30. The first-order valence-electron chi connectivity index (χ1n) is 6.17. The van der Waals surface area contributed by atoms with Crippen LogP contribution in [0.25, 0.3) is 0 Å². The zero-order valence-electron chi connectivity index (χ0n) is 10.2. The molecule has 2 rings (SSSR count). The predicted octanol–water partition coefficient (Wildman–Crippen LogP) is 3.39. The lowest BCUT2D eigenvalue weighted by atomic mass is 9.95. The minimum Gasteiger partial charge on any atom is -0.368 e. The molecule has 1 heterocycles. The van der Waals surface area contributed by atoms with Crippen LogP contribution in [0, 0.1) is 5.92 Å². The molecule has 2 unspecified atom stereocenters. The van der Waals surface area contributed by atoms with Gasteiger partial charge in [-0.05, 0) is 43.1 Å². The Bertz CT molecular complexity index is 350. The molecule has 0 spiro atoms. The molecule has 0 fully saturated rings. The van der Waals surface area contributed by atoms with E-state index in [0.29, 0.717) is 12.0 Å². The molecule has 1 aromatic carbocycles. The normalized spacial score (nSPS) is 21.7. The van der Waals surface area contributed by atoms with Crippen molar-refractivity contribution in [3.05, 3.63) is 29.8 Å². The third-order valence-corrected chi connectivity index (χ3v) is 4.11.